The Morgan fingerprint density at radius 2 is 1.63 bits per heavy atom. The van der Waals surface area contributed by atoms with Gasteiger partial charge in [-0.15, -0.1) is 23.5 Å². The molecule has 1 heterocycles. The lowest BCUT2D eigenvalue weighted by Crippen LogP contribution is -2.24. The highest BCUT2D eigenvalue weighted by molar-refractivity contribution is 9.11. The SMILES string of the molecule is O=C(COc1ccc(C2SCCS2)cc1)N/N=C\c1cc(Br)c(OCc2ccc(Br)cc2)c(Br)c1. The zero-order valence-corrected chi connectivity index (χ0v) is 24.8. The van der Waals surface area contributed by atoms with Crippen molar-refractivity contribution in [3.8, 4) is 11.5 Å². The standard InChI is InChI=1S/C25H21Br3N2O3S2/c26-19-5-1-16(2-6-19)14-33-24-21(27)11-17(12-22(24)28)13-29-30-23(31)15-32-20-7-3-18(4-8-20)25-34-9-10-35-25/h1-8,11-13,25H,9-10,14-15H2,(H,30,31)/b29-13-. The number of nitrogens with one attached hydrogen (secondary N) is 1. The van der Waals surface area contributed by atoms with Crippen LogP contribution in [0, 0.1) is 0 Å². The highest BCUT2D eigenvalue weighted by atomic mass is 79.9. The smallest absolute Gasteiger partial charge is 0.277 e. The van der Waals surface area contributed by atoms with Gasteiger partial charge in [-0.05, 0) is 84.9 Å². The molecule has 0 unspecified atom stereocenters. The third-order valence-electron chi connectivity index (χ3n) is 4.86. The maximum Gasteiger partial charge on any atom is 0.277 e. The Balaban J connectivity index is 1.25. The van der Waals surface area contributed by atoms with E-state index in [-0.39, 0.29) is 12.5 Å². The molecule has 1 fully saturated rings. The fourth-order valence-electron chi connectivity index (χ4n) is 3.16. The van der Waals surface area contributed by atoms with Crippen molar-refractivity contribution >= 4 is 83.4 Å². The Kier molecular flexibility index (Phi) is 10.0. The summed E-state index contributed by atoms with van der Waals surface area (Å²) in [5, 5.41) is 4.04. The number of carbonyl (C=O) groups is 1. The fraction of sp³-hybridized carbons (Fsp3) is 0.200. The molecular formula is C25H21Br3N2O3S2. The molecule has 0 aromatic heterocycles. The van der Waals surface area contributed by atoms with Gasteiger partial charge in [-0.25, -0.2) is 5.43 Å². The average Bonchev–Trinajstić information content (AvgIpc) is 3.39. The van der Waals surface area contributed by atoms with Crippen LogP contribution in [0.2, 0.25) is 0 Å². The first-order valence-electron chi connectivity index (χ1n) is 10.6. The van der Waals surface area contributed by atoms with Crippen LogP contribution < -0.4 is 14.9 Å². The molecule has 35 heavy (non-hydrogen) atoms. The third kappa shape index (κ3) is 8.01. The van der Waals surface area contributed by atoms with E-state index < -0.39 is 0 Å². The number of hydrogen-bond acceptors (Lipinski definition) is 6. The minimum Gasteiger partial charge on any atom is -0.487 e. The maximum absolute atomic E-state index is 12.1. The molecule has 0 radical (unpaired) electrons. The lowest BCUT2D eigenvalue weighted by Gasteiger charge is -2.11. The molecule has 1 aliphatic heterocycles. The number of carbonyl (C=O) groups excluding carboxylic acids is 1. The molecule has 1 saturated heterocycles. The topological polar surface area (TPSA) is 59.9 Å². The summed E-state index contributed by atoms with van der Waals surface area (Å²) in [5.74, 6) is 3.39. The number of hydrogen-bond donors (Lipinski definition) is 1. The zero-order valence-electron chi connectivity index (χ0n) is 18.4. The molecule has 0 spiro atoms. The normalized spacial score (nSPS) is 13.8. The maximum atomic E-state index is 12.1. The molecule has 4 rings (SSSR count). The van der Waals surface area contributed by atoms with Crippen LogP contribution in [0.1, 0.15) is 21.3 Å². The minimum atomic E-state index is -0.334. The van der Waals surface area contributed by atoms with Gasteiger partial charge in [-0.2, -0.15) is 5.10 Å². The van der Waals surface area contributed by atoms with Crippen LogP contribution in [-0.4, -0.2) is 30.2 Å². The molecule has 0 bridgehead atoms. The van der Waals surface area contributed by atoms with Crippen LogP contribution in [-0.2, 0) is 11.4 Å². The van der Waals surface area contributed by atoms with Crippen molar-refractivity contribution in [1.29, 1.82) is 0 Å². The quantitative estimate of drug-likeness (QED) is 0.185. The van der Waals surface area contributed by atoms with E-state index in [9.17, 15) is 4.79 Å². The second-order valence-corrected chi connectivity index (χ2v) is 12.8. The largest absolute Gasteiger partial charge is 0.487 e. The second-order valence-electron chi connectivity index (χ2n) is 7.45. The van der Waals surface area contributed by atoms with Gasteiger partial charge in [0.15, 0.2) is 6.61 Å². The monoisotopic (exact) mass is 698 g/mol. The summed E-state index contributed by atoms with van der Waals surface area (Å²) < 4.78 is 14.6. The Hall–Kier alpha value is -1.46. The molecule has 1 amide bonds. The lowest BCUT2D eigenvalue weighted by molar-refractivity contribution is -0.123. The molecule has 3 aromatic carbocycles. The number of rotatable bonds is 9. The lowest BCUT2D eigenvalue weighted by atomic mass is 10.2. The van der Waals surface area contributed by atoms with E-state index in [2.05, 4.69) is 70.4 Å². The summed E-state index contributed by atoms with van der Waals surface area (Å²) in [7, 11) is 0. The van der Waals surface area contributed by atoms with Gasteiger partial charge < -0.3 is 9.47 Å². The van der Waals surface area contributed by atoms with Gasteiger partial charge in [-0.1, -0.05) is 40.2 Å². The van der Waals surface area contributed by atoms with Crippen molar-refractivity contribution in [2.24, 2.45) is 5.10 Å². The number of halogens is 3. The third-order valence-corrected chi connectivity index (χ3v) is 9.68. The van der Waals surface area contributed by atoms with Gasteiger partial charge >= 0.3 is 0 Å². The fourth-order valence-corrected chi connectivity index (χ4v) is 7.73. The van der Waals surface area contributed by atoms with Crippen LogP contribution in [0.4, 0.5) is 0 Å². The predicted molar refractivity (Wildman–Crippen MR) is 156 cm³/mol. The first-order chi connectivity index (χ1) is 17.0. The molecule has 5 nitrogen and oxygen atoms in total. The molecule has 10 heteroatoms. The molecule has 0 saturated carbocycles. The van der Waals surface area contributed by atoms with Crippen LogP contribution in [0.15, 0.2) is 79.2 Å². The van der Waals surface area contributed by atoms with Crippen molar-refractivity contribution in [3.63, 3.8) is 0 Å². The highest BCUT2D eigenvalue weighted by Crippen LogP contribution is 2.45. The number of hydrazone groups is 1. The van der Waals surface area contributed by atoms with Crippen molar-refractivity contribution in [2.75, 3.05) is 18.1 Å². The number of benzene rings is 3. The number of thioether (sulfide) groups is 2. The Morgan fingerprint density at radius 3 is 2.29 bits per heavy atom. The van der Waals surface area contributed by atoms with E-state index in [1.165, 1.54) is 17.1 Å². The highest BCUT2D eigenvalue weighted by Gasteiger charge is 2.18. The zero-order chi connectivity index (χ0) is 24.6. The summed E-state index contributed by atoms with van der Waals surface area (Å²) in [5.41, 5.74) is 5.63. The van der Waals surface area contributed by atoms with Gasteiger partial charge in [0.25, 0.3) is 5.91 Å². The van der Waals surface area contributed by atoms with Crippen molar-refractivity contribution in [3.05, 3.63) is 90.8 Å². The van der Waals surface area contributed by atoms with Crippen molar-refractivity contribution in [2.45, 2.75) is 11.2 Å². The van der Waals surface area contributed by atoms with Gasteiger partial charge in [0.05, 0.1) is 19.7 Å². The van der Waals surface area contributed by atoms with E-state index >= 15 is 0 Å². The first-order valence-corrected chi connectivity index (χ1v) is 15.1. The Labute approximate surface area is 238 Å². The van der Waals surface area contributed by atoms with Crippen LogP contribution >= 0.6 is 71.3 Å². The van der Waals surface area contributed by atoms with E-state index in [1.807, 2.05) is 72.1 Å². The number of nitrogens with zero attached hydrogens (tertiary/aromatic N) is 1. The van der Waals surface area contributed by atoms with Gasteiger partial charge in [0.2, 0.25) is 0 Å². The molecule has 182 valence electrons. The van der Waals surface area contributed by atoms with E-state index in [0.717, 1.165) is 24.5 Å². The summed E-state index contributed by atoms with van der Waals surface area (Å²) in [6, 6.07) is 19.6. The molecule has 0 atom stereocenters. The van der Waals surface area contributed by atoms with Gasteiger partial charge in [0, 0.05) is 16.0 Å². The molecular weight excluding hydrogens is 680 g/mol. The predicted octanol–water partition coefficient (Wildman–Crippen LogP) is 7.56. The summed E-state index contributed by atoms with van der Waals surface area (Å²) in [6.45, 7) is 0.328. The average molecular weight is 701 g/mol. The minimum absolute atomic E-state index is 0.111. The van der Waals surface area contributed by atoms with Gasteiger partial charge in [-0.3, -0.25) is 4.79 Å². The summed E-state index contributed by atoms with van der Waals surface area (Å²) in [6.07, 6.45) is 1.57. The van der Waals surface area contributed by atoms with Crippen molar-refractivity contribution in [1.82, 2.24) is 5.43 Å². The van der Waals surface area contributed by atoms with Crippen LogP contribution in [0.5, 0.6) is 11.5 Å². The molecule has 0 aliphatic carbocycles. The molecule has 1 aliphatic rings. The van der Waals surface area contributed by atoms with Crippen LogP contribution in [0.25, 0.3) is 0 Å². The van der Waals surface area contributed by atoms with Crippen LogP contribution in [0.3, 0.4) is 0 Å². The van der Waals surface area contributed by atoms with Gasteiger partial charge in [0.1, 0.15) is 18.1 Å². The second kappa shape index (κ2) is 13.2. The molecule has 3 aromatic rings. The Bertz CT molecular complexity index is 1160. The van der Waals surface area contributed by atoms with E-state index in [1.54, 1.807) is 6.21 Å². The molecule has 1 N–H and O–H groups in total. The van der Waals surface area contributed by atoms with Crippen molar-refractivity contribution < 1.29 is 14.3 Å². The first kappa shape index (κ1) is 26.6. The summed E-state index contributed by atoms with van der Waals surface area (Å²) in [4.78, 5) is 12.1. The number of amides is 1. The summed E-state index contributed by atoms with van der Waals surface area (Å²) >= 11 is 14.4. The van der Waals surface area contributed by atoms with E-state index in [0.29, 0.717) is 22.7 Å². The Morgan fingerprint density at radius 1 is 0.971 bits per heavy atom. The van der Waals surface area contributed by atoms with E-state index in [4.69, 9.17) is 9.47 Å². The number of ether oxygens (including phenoxy) is 2.